The van der Waals surface area contributed by atoms with Gasteiger partial charge in [-0.1, -0.05) is 6.92 Å². The highest BCUT2D eigenvalue weighted by molar-refractivity contribution is 5.04. The van der Waals surface area contributed by atoms with E-state index in [2.05, 4.69) is 12.2 Å². The first kappa shape index (κ1) is 12.3. The van der Waals surface area contributed by atoms with Crippen LogP contribution in [0.5, 0.6) is 0 Å². The third-order valence-corrected chi connectivity index (χ3v) is 4.31. The van der Waals surface area contributed by atoms with Crippen LogP contribution >= 0.6 is 0 Å². The minimum Gasteiger partial charge on any atom is -0.383 e. The van der Waals surface area contributed by atoms with Crippen molar-refractivity contribution in [2.45, 2.75) is 50.6 Å². The maximum Gasteiger partial charge on any atom is 0.0659 e. The molecule has 0 bridgehead atoms. The lowest BCUT2D eigenvalue weighted by Crippen LogP contribution is -2.59. The predicted molar refractivity (Wildman–Crippen MR) is 66.3 cm³/mol. The number of nitrogens with two attached hydrogens (primary N) is 1. The molecule has 0 saturated heterocycles. The van der Waals surface area contributed by atoms with E-state index in [4.69, 9.17) is 10.5 Å². The first-order chi connectivity index (χ1) is 7.70. The fourth-order valence-corrected chi connectivity index (χ4v) is 3.20. The van der Waals surface area contributed by atoms with Crippen LogP contribution < -0.4 is 11.1 Å². The fourth-order valence-electron chi connectivity index (χ4n) is 3.20. The molecule has 0 radical (unpaired) electrons. The fraction of sp³-hybridized carbons (Fsp3) is 1.00. The zero-order valence-corrected chi connectivity index (χ0v) is 10.7. The first-order valence-electron chi connectivity index (χ1n) is 6.67. The van der Waals surface area contributed by atoms with Crippen molar-refractivity contribution < 1.29 is 4.74 Å². The van der Waals surface area contributed by atoms with Crippen LogP contribution in [0.4, 0.5) is 0 Å². The highest BCUT2D eigenvalue weighted by Crippen LogP contribution is 2.41. The van der Waals surface area contributed by atoms with Crippen molar-refractivity contribution in [3.63, 3.8) is 0 Å². The van der Waals surface area contributed by atoms with Crippen LogP contribution in [-0.4, -0.2) is 31.8 Å². The molecule has 3 N–H and O–H groups in total. The van der Waals surface area contributed by atoms with E-state index < -0.39 is 0 Å². The third kappa shape index (κ3) is 2.58. The molecule has 0 heterocycles. The lowest BCUT2D eigenvalue weighted by atomic mass is 9.92. The summed E-state index contributed by atoms with van der Waals surface area (Å²) < 4.78 is 5.39. The second-order valence-electron chi connectivity index (χ2n) is 5.83. The average Bonchev–Trinajstić information content (AvgIpc) is 3.04. The maximum atomic E-state index is 6.01. The van der Waals surface area contributed by atoms with Gasteiger partial charge in [0.05, 0.1) is 12.1 Å². The zero-order chi connectivity index (χ0) is 11.6. The molecule has 3 heteroatoms. The SMILES string of the molecule is COCC(CN)(NC1CCC(C)C1)C1CC1. The molecule has 3 atom stereocenters. The molecule has 2 rings (SSSR count). The molecule has 2 aliphatic rings. The Kier molecular flexibility index (Phi) is 3.88. The molecule has 3 nitrogen and oxygen atoms in total. The summed E-state index contributed by atoms with van der Waals surface area (Å²) in [6.07, 6.45) is 6.60. The van der Waals surface area contributed by atoms with Gasteiger partial charge in [-0.05, 0) is 43.9 Å². The lowest BCUT2D eigenvalue weighted by Gasteiger charge is -2.36. The Morgan fingerprint density at radius 1 is 1.31 bits per heavy atom. The summed E-state index contributed by atoms with van der Waals surface area (Å²) in [7, 11) is 1.78. The van der Waals surface area contributed by atoms with Crippen molar-refractivity contribution in [1.82, 2.24) is 5.32 Å². The molecule has 0 aromatic carbocycles. The van der Waals surface area contributed by atoms with Crippen LogP contribution in [0.25, 0.3) is 0 Å². The van der Waals surface area contributed by atoms with Gasteiger partial charge in [0.25, 0.3) is 0 Å². The van der Waals surface area contributed by atoms with E-state index in [1.54, 1.807) is 7.11 Å². The van der Waals surface area contributed by atoms with Crippen molar-refractivity contribution in [1.29, 1.82) is 0 Å². The van der Waals surface area contributed by atoms with Gasteiger partial charge >= 0.3 is 0 Å². The Morgan fingerprint density at radius 3 is 2.50 bits per heavy atom. The van der Waals surface area contributed by atoms with Crippen molar-refractivity contribution in [3.05, 3.63) is 0 Å². The summed E-state index contributed by atoms with van der Waals surface area (Å²) in [5, 5.41) is 3.82. The highest BCUT2D eigenvalue weighted by atomic mass is 16.5. The van der Waals surface area contributed by atoms with Gasteiger partial charge in [-0.2, -0.15) is 0 Å². The van der Waals surface area contributed by atoms with Crippen LogP contribution in [-0.2, 0) is 4.74 Å². The van der Waals surface area contributed by atoms with Gasteiger partial charge in [0, 0.05) is 19.7 Å². The molecular formula is C13H26N2O. The van der Waals surface area contributed by atoms with Crippen LogP contribution in [0.2, 0.25) is 0 Å². The Bertz CT molecular complexity index is 230. The van der Waals surface area contributed by atoms with Gasteiger partial charge in [0.15, 0.2) is 0 Å². The molecule has 94 valence electrons. The van der Waals surface area contributed by atoms with E-state index in [-0.39, 0.29) is 5.54 Å². The second kappa shape index (κ2) is 5.03. The van der Waals surface area contributed by atoms with Gasteiger partial charge in [-0.15, -0.1) is 0 Å². The summed E-state index contributed by atoms with van der Waals surface area (Å²) in [4.78, 5) is 0. The van der Waals surface area contributed by atoms with E-state index in [0.29, 0.717) is 12.6 Å². The van der Waals surface area contributed by atoms with Gasteiger partial charge in [-0.25, -0.2) is 0 Å². The smallest absolute Gasteiger partial charge is 0.0659 e. The molecule has 3 unspecified atom stereocenters. The summed E-state index contributed by atoms with van der Waals surface area (Å²) in [6.45, 7) is 3.81. The topological polar surface area (TPSA) is 47.3 Å². The van der Waals surface area contributed by atoms with Gasteiger partial charge < -0.3 is 15.8 Å². The number of nitrogens with one attached hydrogen (secondary N) is 1. The molecule has 0 aromatic heterocycles. The van der Waals surface area contributed by atoms with Crippen molar-refractivity contribution in [2.24, 2.45) is 17.6 Å². The highest BCUT2D eigenvalue weighted by Gasteiger charge is 2.45. The largest absolute Gasteiger partial charge is 0.383 e. The Balaban J connectivity index is 1.95. The van der Waals surface area contributed by atoms with Crippen molar-refractivity contribution in [3.8, 4) is 0 Å². The molecule has 0 amide bonds. The van der Waals surface area contributed by atoms with Crippen LogP contribution in [0, 0.1) is 11.8 Å². The van der Waals surface area contributed by atoms with E-state index in [1.165, 1.54) is 32.1 Å². The molecular weight excluding hydrogens is 200 g/mol. The summed E-state index contributed by atoms with van der Waals surface area (Å²) in [5.74, 6) is 1.61. The van der Waals surface area contributed by atoms with E-state index >= 15 is 0 Å². The summed E-state index contributed by atoms with van der Waals surface area (Å²) in [5.41, 5.74) is 6.06. The summed E-state index contributed by atoms with van der Waals surface area (Å²) >= 11 is 0. The molecule has 0 aromatic rings. The Labute approximate surface area is 99.1 Å². The average molecular weight is 226 g/mol. The standard InChI is InChI=1S/C13H26N2O/c1-10-3-6-12(7-10)15-13(8-14,9-16-2)11-4-5-11/h10-12,15H,3-9,14H2,1-2H3. The predicted octanol–water partition coefficient (Wildman–Crippen LogP) is 1.52. The molecule has 2 fully saturated rings. The number of rotatable bonds is 6. The summed E-state index contributed by atoms with van der Waals surface area (Å²) in [6, 6.07) is 0.661. The molecule has 2 saturated carbocycles. The molecule has 16 heavy (non-hydrogen) atoms. The lowest BCUT2D eigenvalue weighted by molar-refractivity contribution is 0.0897. The van der Waals surface area contributed by atoms with Crippen molar-refractivity contribution >= 4 is 0 Å². The number of ether oxygens (including phenoxy) is 1. The van der Waals surface area contributed by atoms with Crippen LogP contribution in [0.1, 0.15) is 39.0 Å². The molecule has 0 spiro atoms. The van der Waals surface area contributed by atoms with Crippen LogP contribution in [0.15, 0.2) is 0 Å². The van der Waals surface area contributed by atoms with E-state index in [0.717, 1.165) is 18.4 Å². The molecule has 2 aliphatic carbocycles. The zero-order valence-electron chi connectivity index (χ0n) is 10.7. The minimum absolute atomic E-state index is 0.0590. The normalized spacial score (nSPS) is 33.9. The number of methoxy groups -OCH3 is 1. The van der Waals surface area contributed by atoms with Gasteiger partial charge in [-0.3, -0.25) is 0 Å². The van der Waals surface area contributed by atoms with Crippen LogP contribution in [0.3, 0.4) is 0 Å². The second-order valence-corrected chi connectivity index (χ2v) is 5.83. The number of hydrogen-bond acceptors (Lipinski definition) is 3. The number of hydrogen-bond donors (Lipinski definition) is 2. The van der Waals surface area contributed by atoms with Crippen molar-refractivity contribution in [2.75, 3.05) is 20.3 Å². The minimum atomic E-state index is 0.0590. The first-order valence-corrected chi connectivity index (χ1v) is 6.67. The maximum absolute atomic E-state index is 6.01. The van der Waals surface area contributed by atoms with Gasteiger partial charge in [0.2, 0.25) is 0 Å². The van der Waals surface area contributed by atoms with Gasteiger partial charge in [0.1, 0.15) is 0 Å². The van der Waals surface area contributed by atoms with E-state index in [1.807, 2.05) is 0 Å². The third-order valence-electron chi connectivity index (χ3n) is 4.31. The molecule has 0 aliphatic heterocycles. The Hall–Kier alpha value is -0.120. The Morgan fingerprint density at radius 2 is 2.06 bits per heavy atom. The van der Waals surface area contributed by atoms with E-state index in [9.17, 15) is 0 Å². The quantitative estimate of drug-likeness (QED) is 0.722. The monoisotopic (exact) mass is 226 g/mol.